The first kappa shape index (κ1) is 17.8. The molecule has 1 saturated heterocycles. The van der Waals surface area contributed by atoms with Crippen molar-refractivity contribution < 1.29 is 9.53 Å². The SMILES string of the molecule is CC1(C)COCCN1c1ccc(NC(=O)Cc2ccc(Cl)cc2)cc1. The van der Waals surface area contributed by atoms with Gasteiger partial charge in [0.25, 0.3) is 0 Å². The van der Waals surface area contributed by atoms with E-state index in [1.807, 2.05) is 36.4 Å². The summed E-state index contributed by atoms with van der Waals surface area (Å²) in [5.74, 6) is -0.0400. The highest BCUT2D eigenvalue weighted by Crippen LogP contribution is 2.28. The van der Waals surface area contributed by atoms with Crippen LogP contribution in [0.4, 0.5) is 11.4 Å². The van der Waals surface area contributed by atoms with Gasteiger partial charge in [0.15, 0.2) is 0 Å². The predicted molar refractivity (Wildman–Crippen MR) is 102 cm³/mol. The van der Waals surface area contributed by atoms with Crippen molar-refractivity contribution >= 4 is 28.9 Å². The van der Waals surface area contributed by atoms with Crippen molar-refractivity contribution in [3.8, 4) is 0 Å². The number of halogens is 1. The summed E-state index contributed by atoms with van der Waals surface area (Å²) in [6.07, 6.45) is 0.329. The highest BCUT2D eigenvalue weighted by Gasteiger charge is 2.30. The predicted octanol–water partition coefficient (Wildman–Crippen LogP) is 4.14. The summed E-state index contributed by atoms with van der Waals surface area (Å²) in [5, 5.41) is 3.61. The van der Waals surface area contributed by atoms with Crippen LogP contribution in [0.15, 0.2) is 48.5 Å². The summed E-state index contributed by atoms with van der Waals surface area (Å²) in [7, 11) is 0. The molecule has 25 heavy (non-hydrogen) atoms. The fraction of sp³-hybridized carbons (Fsp3) is 0.350. The van der Waals surface area contributed by atoms with Gasteiger partial charge in [-0.15, -0.1) is 0 Å². The second-order valence-corrected chi connectivity index (χ2v) is 7.35. The molecule has 0 bridgehead atoms. The Balaban J connectivity index is 1.62. The van der Waals surface area contributed by atoms with E-state index in [-0.39, 0.29) is 11.4 Å². The number of nitrogens with zero attached hydrogens (tertiary/aromatic N) is 1. The van der Waals surface area contributed by atoms with E-state index in [0.29, 0.717) is 18.1 Å². The van der Waals surface area contributed by atoms with Gasteiger partial charge in [0, 0.05) is 22.9 Å². The van der Waals surface area contributed by atoms with Gasteiger partial charge in [-0.25, -0.2) is 0 Å². The smallest absolute Gasteiger partial charge is 0.228 e. The van der Waals surface area contributed by atoms with Gasteiger partial charge < -0.3 is 15.0 Å². The van der Waals surface area contributed by atoms with Crippen LogP contribution in [0.1, 0.15) is 19.4 Å². The summed E-state index contributed by atoms with van der Waals surface area (Å²) in [4.78, 5) is 14.5. The van der Waals surface area contributed by atoms with E-state index in [2.05, 4.69) is 24.1 Å². The third kappa shape index (κ3) is 4.53. The zero-order chi connectivity index (χ0) is 17.9. The molecule has 2 aromatic rings. The molecule has 1 N–H and O–H groups in total. The normalized spacial score (nSPS) is 16.5. The molecule has 1 heterocycles. The van der Waals surface area contributed by atoms with Crippen LogP contribution in [-0.2, 0) is 16.0 Å². The number of ether oxygens (including phenoxy) is 1. The average molecular weight is 359 g/mol. The molecule has 1 fully saturated rings. The molecule has 0 radical (unpaired) electrons. The maximum atomic E-state index is 12.2. The zero-order valence-electron chi connectivity index (χ0n) is 14.6. The van der Waals surface area contributed by atoms with Gasteiger partial charge in [0.2, 0.25) is 5.91 Å². The topological polar surface area (TPSA) is 41.6 Å². The molecule has 3 rings (SSSR count). The second-order valence-electron chi connectivity index (χ2n) is 6.91. The minimum Gasteiger partial charge on any atom is -0.377 e. The van der Waals surface area contributed by atoms with E-state index in [0.717, 1.165) is 30.1 Å². The Morgan fingerprint density at radius 3 is 2.48 bits per heavy atom. The van der Waals surface area contributed by atoms with Crippen molar-refractivity contribution in [2.24, 2.45) is 0 Å². The number of benzene rings is 2. The molecule has 5 heteroatoms. The van der Waals surface area contributed by atoms with Crippen LogP contribution in [0.2, 0.25) is 5.02 Å². The standard InChI is InChI=1S/C20H23ClN2O2/c1-20(2)14-25-12-11-23(20)18-9-7-17(8-10-18)22-19(24)13-15-3-5-16(21)6-4-15/h3-10H,11-14H2,1-2H3,(H,22,24). The first-order chi connectivity index (χ1) is 11.9. The van der Waals surface area contributed by atoms with E-state index in [1.165, 1.54) is 0 Å². The zero-order valence-corrected chi connectivity index (χ0v) is 15.3. The van der Waals surface area contributed by atoms with Crippen LogP contribution in [0, 0.1) is 0 Å². The van der Waals surface area contributed by atoms with Crippen LogP contribution in [-0.4, -0.2) is 31.2 Å². The van der Waals surface area contributed by atoms with Gasteiger partial charge in [-0.2, -0.15) is 0 Å². The van der Waals surface area contributed by atoms with Crippen molar-refractivity contribution in [3.05, 3.63) is 59.1 Å². The Morgan fingerprint density at radius 2 is 1.84 bits per heavy atom. The fourth-order valence-electron chi connectivity index (χ4n) is 3.05. The van der Waals surface area contributed by atoms with Gasteiger partial charge in [0.05, 0.1) is 25.2 Å². The van der Waals surface area contributed by atoms with E-state index < -0.39 is 0 Å². The molecule has 132 valence electrons. The molecule has 1 aliphatic rings. The number of anilines is 2. The summed E-state index contributed by atoms with van der Waals surface area (Å²) < 4.78 is 5.57. The van der Waals surface area contributed by atoms with Gasteiger partial charge in [0.1, 0.15) is 0 Å². The van der Waals surface area contributed by atoms with Crippen LogP contribution >= 0.6 is 11.6 Å². The Bertz CT molecular complexity index is 726. The molecule has 0 saturated carbocycles. The van der Waals surface area contributed by atoms with E-state index in [9.17, 15) is 4.79 Å². The molecule has 1 amide bonds. The fourth-order valence-corrected chi connectivity index (χ4v) is 3.18. The molecule has 4 nitrogen and oxygen atoms in total. The third-order valence-electron chi connectivity index (χ3n) is 4.39. The maximum Gasteiger partial charge on any atom is 0.228 e. The molecular weight excluding hydrogens is 336 g/mol. The summed E-state index contributed by atoms with van der Waals surface area (Å²) in [5.41, 5.74) is 2.85. The number of morpholine rings is 1. The van der Waals surface area contributed by atoms with Gasteiger partial charge in [-0.05, 0) is 55.8 Å². The van der Waals surface area contributed by atoms with Crippen LogP contribution in [0.3, 0.4) is 0 Å². The monoisotopic (exact) mass is 358 g/mol. The Morgan fingerprint density at radius 1 is 1.16 bits per heavy atom. The first-order valence-electron chi connectivity index (χ1n) is 8.44. The molecule has 0 aromatic heterocycles. The number of nitrogens with one attached hydrogen (secondary N) is 1. The molecular formula is C20H23ClN2O2. The molecule has 1 aliphatic heterocycles. The second kappa shape index (κ2) is 7.46. The van der Waals surface area contributed by atoms with Crippen molar-refractivity contribution in [2.45, 2.75) is 25.8 Å². The number of carbonyl (C=O) groups excluding carboxylic acids is 1. The van der Waals surface area contributed by atoms with Crippen molar-refractivity contribution in [1.82, 2.24) is 0 Å². The lowest BCUT2D eigenvalue weighted by atomic mass is 10.0. The van der Waals surface area contributed by atoms with E-state index in [4.69, 9.17) is 16.3 Å². The van der Waals surface area contributed by atoms with Gasteiger partial charge in [-0.3, -0.25) is 4.79 Å². The first-order valence-corrected chi connectivity index (χ1v) is 8.82. The number of hydrogen-bond donors (Lipinski definition) is 1. The van der Waals surface area contributed by atoms with Crippen LogP contribution in [0.5, 0.6) is 0 Å². The number of amides is 1. The van der Waals surface area contributed by atoms with Gasteiger partial charge in [-0.1, -0.05) is 23.7 Å². The highest BCUT2D eigenvalue weighted by molar-refractivity contribution is 6.30. The average Bonchev–Trinajstić information content (AvgIpc) is 2.57. The molecule has 0 spiro atoms. The van der Waals surface area contributed by atoms with Crippen molar-refractivity contribution in [1.29, 1.82) is 0 Å². The maximum absolute atomic E-state index is 12.2. The molecule has 2 aromatic carbocycles. The number of carbonyl (C=O) groups is 1. The van der Waals surface area contributed by atoms with Crippen LogP contribution < -0.4 is 10.2 Å². The third-order valence-corrected chi connectivity index (χ3v) is 4.64. The Kier molecular flexibility index (Phi) is 5.30. The summed E-state index contributed by atoms with van der Waals surface area (Å²) in [6, 6.07) is 15.3. The summed E-state index contributed by atoms with van der Waals surface area (Å²) in [6.45, 7) is 6.67. The van der Waals surface area contributed by atoms with Gasteiger partial charge >= 0.3 is 0 Å². The largest absolute Gasteiger partial charge is 0.377 e. The van der Waals surface area contributed by atoms with E-state index in [1.54, 1.807) is 12.1 Å². The quantitative estimate of drug-likeness (QED) is 0.893. The van der Waals surface area contributed by atoms with Crippen molar-refractivity contribution in [3.63, 3.8) is 0 Å². The minimum absolute atomic E-state index is 0.0302. The minimum atomic E-state index is -0.0400. The summed E-state index contributed by atoms with van der Waals surface area (Å²) >= 11 is 5.86. The van der Waals surface area contributed by atoms with Crippen LogP contribution in [0.25, 0.3) is 0 Å². The van der Waals surface area contributed by atoms with E-state index >= 15 is 0 Å². The molecule has 0 aliphatic carbocycles. The lowest BCUT2D eigenvalue weighted by molar-refractivity contribution is -0.115. The Hall–Kier alpha value is -2.04. The number of rotatable bonds is 4. The molecule has 0 atom stereocenters. The Labute approximate surface area is 153 Å². The highest BCUT2D eigenvalue weighted by atomic mass is 35.5. The number of hydrogen-bond acceptors (Lipinski definition) is 3. The lowest BCUT2D eigenvalue weighted by Crippen LogP contribution is -2.53. The lowest BCUT2D eigenvalue weighted by Gasteiger charge is -2.43. The van der Waals surface area contributed by atoms with Crippen molar-refractivity contribution in [2.75, 3.05) is 30.0 Å². The molecule has 0 unspecified atom stereocenters.